The molecule has 1 unspecified atom stereocenters. The zero-order valence-corrected chi connectivity index (χ0v) is 24.9. The summed E-state index contributed by atoms with van der Waals surface area (Å²) < 4.78 is 50.7. The molecule has 4 heterocycles. The molecule has 232 valence electrons. The number of rotatable bonds is 8. The van der Waals surface area contributed by atoms with Crippen molar-refractivity contribution in [3.05, 3.63) is 88.2 Å². The summed E-state index contributed by atoms with van der Waals surface area (Å²) in [6.07, 6.45) is 1.74. The molecule has 3 aromatic carbocycles. The second kappa shape index (κ2) is 11.4. The van der Waals surface area contributed by atoms with Gasteiger partial charge in [-0.2, -0.15) is 5.48 Å². The Morgan fingerprint density at radius 2 is 1.91 bits per heavy atom. The van der Waals surface area contributed by atoms with E-state index in [0.29, 0.717) is 35.7 Å². The number of nitrogens with two attached hydrogens (primary N) is 1. The molecule has 0 saturated carbocycles. The Labute approximate surface area is 254 Å². The number of para-hydroxylation sites is 1. The molecular formula is C33H37F2N5O4. The molecule has 0 amide bonds. The first kappa shape index (κ1) is 29.1. The van der Waals surface area contributed by atoms with Crippen LogP contribution in [0.4, 0.5) is 8.78 Å². The lowest BCUT2D eigenvalue weighted by atomic mass is 9.88. The van der Waals surface area contributed by atoms with Crippen LogP contribution in [0.2, 0.25) is 0 Å². The Hall–Kier alpha value is -3.61. The van der Waals surface area contributed by atoms with E-state index in [4.69, 9.17) is 24.9 Å². The van der Waals surface area contributed by atoms with Crippen LogP contribution in [0.15, 0.2) is 48.5 Å². The van der Waals surface area contributed by atoms with Gasteiger partial charge in [0, 0.05) is 24.7 Å². The van der Waals surface area contributed by atoms with Gasteiger partial charge in [-0.05, 0) is 75.0 Å². The van der Waals surface area contributed by atoms with Crippen molar-refractivity contribution in [3.63, 3.8) is 0 Å². The van der Waals surface area contributed by atoms with E-state index in [1.165, 1.54) is 6.07 Å². The minimum atomic E-state index is -1.24. The van der Waals surface area contributed by atoms with Gasteiger partial charge in [-0.1, -0.05) is 24.3 Å². The molecule has 4 aromatic rings. The summed E-state index contributed by atoms with van der Waals surface area (Å²) in [6.45, 7) is 7.12. The zero-order valence-electron chi connectivity index (χ0n) is 24.9. The third-order valence-electron chi connectivity index (χ3n) is 9.24. The first-order valence-electron chi connectivity index (χ1n) is 15.2. The summed E-state index contributed by atoms with van der Waals surface area (Å²) >= 11 is 0. The van der Waals surface area contributed by atoms with Crippen molar-refractivity contribution in [1.82, 2.24) is 19.9 Å². The predicted molar refractivity (Wildman–Crippen MR) is 159 cm³/mol. The van der Waals surface area contributed by atoms with Crippen molar-refractivity contribution in [2.45, 2.75) is 70.2 Å². The van der Waals surface area contributed by atoms with Crippen LogP contribution in [0.25, 0.3) is 11.0 Å². The normalized spacial score (nSPS) is 22.8. The van der Waals surface area contributed by atoms with Crippen molar-refractivity contribution in [2.75, 3.05) is 19.7 Å². The molecule has 1 aromatic heterocycles. The van der Waals surface area contributed by atoms with Gasteiger partial charge >= 0.3 is 0 Å². The van der Waals surface area contributed by atoms with Crippen LogP contribution in [0.1, 0.15) is 66.3 Å². The number of likely N-dealkylation sites (tertiary alicyclic amines) is 1. The fourth-order valence-corrected chi connectivity index (χ4v) is 6.66. The van der Waals surface area contributed by atoms with E-state index in [9.17, 15) is 9.60 Å². The highest BCUT2D eigenvalue weighted by atomic mass is 19.1. The van der Waals surface area contributed by atoms with Crippen LogP contribution in [0.3, 0.4) is 0 Å². The Kier molecular flexibility index (Phi) is 7.54. The molecule has 3 aliphatic rings. The zero-order chi connectivity index (χ0) is 30.6. The van der Waals surface area contributed by atoms with Crippen molar-refractivity contribution < 1.29 is 28.2 Å². The summed E-state index contributed by atoms with van der Waals surface area (Å²) in [6, 6.07) is 14.4. The van der Waals surface area contributed by atoms with Gasteiger partial charge in [0.1, 0.15) is 23.3 Å². The number of fused-ring (bicyclic) bond motifs is 2. The number of hydrogen-bond acceptors (Lipinski definition) is 8. The van der Waals surface area contributed by atoms with Gasteiger partial charge in [0.25, 0.3) is 5.79 Å². The molecule has 0 spiro atoms. The minimum absolute atomic E-state index is 0.0717. The lowest BCUT2D eigenvalue weighted by Gasteiger charge is -2.33. The molecule has 0 aliphatic carbocycles. The number of piperidine rings is 1. The van der Waals surface area contributed by atoms with Crippen LogP contribution in [-0.4, -0.2) is 45.5 Å². The number of hydrogen-bond donors (Lipinski definition) is 3. The number of halogens is 2. The van der Waals surface area contributed by atoms with E-state index in [1.807, 2.05) is 30.6 Å². The maximum atomic E-state index is 15.5. The standard InChI is InChI=1S/C33H37F2N5O4/c1-19-6-8-24(25(34)16-19)33(2)43-27-5-3-4-22(31(27)44-33)20-10-13-39(14-11-20)18-28-37-30-26(40(28)17-21-12-15-42-21)9-7-23(29(30)35)32(36)38-41/h3-9,16,20-21,32,38,41H,10-15,17-18,36H2,1-2H3/t21-,32?,33-/m0/s1. The van der Waals surface area contributed by atoms with Crippen LogP contribution in [-0.2, 0) is 23.6 Å². The topological polar surface area (TPSA) is 107 Å². The Morgan fingerprint density at radius 1 is 1.11 bits per heavy atom. The lowest BCUT2D eigenvalue weighted by molar-refractivity contribution is -0.0712. The van der Waals surface area contributed by atoms with E-state index in [1.54, 1.807) is 25.1 Å². The van der Waals surface area contributed by atoms with E-state index < -0.39 is 17.8 Å². The fourth-order valence-electron chi connectivity index (χ4n) is 6.66. The molecule has 3 atom stereocenters. The third kappa shape index (κ3) is 5.12. The summed E-state index contributed by atoms with van der Waals surface area (Å²) in [7, 11) is 0. The van der Waals surface area contributed by atoms with Gasteiger partial charge in [0.2, 0.25) is 0 Å². The Bertz CT molecular complexity index is 1700. The van der Waals surface area contributed by atoms with Gasteiger partial charge in [-0.15, -0.1) is 0 Å². The van der Waals surface area contributed by atoms with Crippen molar-refractivity contribution in [2.24, 2.45) is 5.73 Å². The van der Waals surface area contributed by atoms with Crippen LogP contribution in [0, 0.1) is 18.6 Å². The molecule has 9 nitrogen and oxygen atoms in total. The van der Waals surface area contributed by atoms with Crippen molar-refractivity contribution in [1.29, 1.82) is 0 Å². The number of aromatic nitrogens is 2. The largest absolute Gasteiger partial charge is 0.444 e. The van der Waals surface area contributed by atoms with E-state index >= 15 is 4.39 Å². The van der Waals surface area contributed by atoms with Gasteiger partial charge in [-0.25, -0.2) is 13.8 Å². The van der Waals surface area contributed by atoms with Crippen molar-refractivity contribution in [3.8, 4) is 11.5 Å². The van der Waals surface area contributed by atoms with Crippen LogP contribution in [0.5, 0.6) is 11.5 Å². The second-order valence-corrected chi connectivity index (χ2v) is 12.2. The molecule has 0 bridgehead atoms. The fraction of sp³-hybridized carbons (Fsp3) is 0.424. The predicted octanol–water partition coefficient (Wildman–Crippen LogP) is 5.37. The average molecular weight is 606 g/mol. The summed E-state index contributed by atoms with van der Waals surface area (Å²) in [5.41, 5.74) is 11.1. The highest BCUT2D eigenvalue weighted by Crippen LogP contribution is 2.49. The first-order valence-corrected chi connectivity index (χ1v) is 15.2. The van der Waals surface area contributed by atoms with E-state index in [0.717, 1.165) is 55.9 Å². The summed E-state index contributed by atoms with van der Waals surface area (Å²) in [5, 5.41) is 9.25. The maximum Gasteiger partial charge on any atom is 0.278 e. The third-order valence-corrected chi connectivity index (χ3v) is 9.24. The van der Waals surface area contributed by atoms with E-state index in [-0.39, 0.29) is 28.9 Å². The van der Waals surface area contributed by atoms with Gasteiger partial charge in [-0.3, -0.25) is 4.90 Å². The molecule has 2 saturated heterocycles. The van der Waals surface area contributed by atoms with Gasteiger partial charge in [0.15, 0.2) is 17.3 Å². The molecule has 7 rings (SSSR count). The number of ether oxygens (including phenoxy) is 3. The van der Waals surface area contributed by atoms with Crippen LogP contribution >= 0.6 is 0 Å². The number of benzene rings is 3. The smallest absolute Gasteiger partial charge is 0.278 e. The first-order chi connectivity index (χ1) is 21.2. The number of hydroxylamine groups is 1. The highest BCUT2D eigenvalue weighted by molar-refractivity contribution is 5.78. The van der Waals surface area contributed by atoms with E-state index in [2.05, 4.69) is 15.5 Å². The lowest BCUT2D eigenvalue weighted by Crippen LogP contribution is -2.35. The number of imidazole rings is 1. The molecule has 0 radical (unpaired) electrons. The molecule has 2 fully saturated rings. The van der Waals surface area contributed by atoms with Crippen LogP contribution < -0.4 is 20.7 Å². The molecular weight excluding hydrogens is 568 g/mol. The molecule has 44 heavy (non-hydrogen) atoms. The maximum absolute atomic E-state index is 15.5. The Balaban J connectivity index is 1.09. The number of aryl methyl sites for hydroxylation is 1. The molecule has 3 aliphatic heterocycles. The minimum Gasteiger partial charge on any atom is -0.444 e. The highest BCUT2D eigenvalue weighted by Gasteiger charge is 2.43. The molecule has 11 heteroatoms. The monoisotopic (exact) mass is 605 g/mol. The Morgan fingerprint density at radius 3 is 2.61 bits per heavy atom. The quantitative estimate of drug-likeness (QED) is 0.182. The van der Waals surface area contributed by atoms with Gasteiger partial charge in [0.05, 0.1) is 30.3 Å². The average Bonchev–Trinajstić information content (AvgIpc) is 3.52. The number of nitrogens with one attached hydrogen (secondary N) is 1. The van der Waals surface area contributed by atoms with Gasteiger partial charge < -0.3 is 29.7 Å². The van der Waals surface area contributed by atoms with Crippen molar-refractivity contribution >= 4 is 11.0 Å². The molecule has 4 N–H and O–H groups in total. The summed E-state index contributed by atoms with van der Waals surface area (Å²) in [4.78, 5) is 7.07. The number of nitrogens with zero attached hydrogens (tertiary/aromatic N) is 3. The summed E-state index contributed by atoms with van der Waals surface area (Å²) in [5.74, 6) is 0.172. The second-order valence-electron chi connectivity index (χ2n) is 12.2. The SMILES string of the molecule is Cc1ccc([C@@]2(C)Oc3cccc(C4CCN(Cc5nc6c(F)c(C(N)NO)ccc6n5C[C@@H]5CCO5)CC4)c3O2)c(F)c1.